The molecule has 45 heavy (non-hydrogen) atoms. The Morgan fingerprint density at radius 3 is 1.31 bits per heavy atom. The van der Waals surface area contributed by atoms with Crippen LogP contribution in [0.15, 0.2) is 176 Å². The van der Waals surface area contributed by atoms with Crippen LogP contribution in [-0.4, -0.2) is 0 Å². The van der Waals surface area contributed by atoms with Gasteiger partial charge in [-0.25, -0.2) is 0 Å². The zero-order valence-corrected chi connectivity index (χ0v) is 24.7. The number of hydrogen-bond acceptors (Lipinski definition) is 1. The maximum absolute atomic E-state index is 2.38. The monoisotopic (exact) mass is 571 g/mol. The highest BCUT2D eigenvalue weighted by Gasteiger charge is 2.15. The minimum Gasteiger partial charge on any atom is -0.310 e. The van der Waals surface area contributed by atoms with E-state index in [4.69, 9.17) is 0 Å². The molecular formula is C44H29N. The molecule has 0 saturated carbocycles. The third-order valence-corrected chi connectivity index (χ3v) is 9.14. The number of anilines is 3. The maximum Gasteiger partial charge on any atom is 0.0468 e. The molecule has 0 bridgehead atoms. The Morgan fingerprint density at radius 1 is 0.267 bits per heavy atom. The highest BCUT2D eigenvalue weighted by Crippen LogP contribution is 2.40. The van der Waals surface area contributed by atoms with Crippen LogP contribution in [0.5, 0.6) is 0 Å². The van der Waals surface area contributed by atoms with Crippen LogP contribution in [0.2, 0.25) is 0 Å². The molecule has 0 amide bonds. The molecule has 0 spiro atoms. The smallest absolute Gasteiger partial charge is 0.0468 e. The Kier molecular flexibility index (Phi) is 5.89. The highest BCUT2D eigenvalue weighted by molar-refractivity contribution is 6.14. The third kappa shape index (κ3) is 4.41. The summed E-state index contributed by atoms with van der Waals surface area (Å²) in [5.41, 5.74) is 5.92. The Balaban J connectivity index is 1.20. The van der Waals surface area contributed by atoms with Gasteiger partial charge in [-0.3, -0.25) is 0 Å². The van der Waals surface area contributed by atoms with Gasteiger partial charge < -0.3 is 4.90 Å². The molecule has 0 N–H and O–H groups in total. The molecule has 9 aromatic carbocycles. The van der Waals surface area contributed by atoms with E-state index in [2.05, 4.69) is 181 Å². The molecule has 0 aromatic heterocycles. The molecule has 0 atom stereocenters. The molecule has 1 heteroatoms. The quantitative estimate of drug-likeness (QED) is 0.190. The Bertz CT molecular complexity index is 2480. The van der Waals surface area contributed by atoms with E-state index in [9.17, 15) is 0 Å². The van der Waals surface area contributed by atoms with Gasteiger partial charge in [0.05, 0.1) is 0 Å². The van der Waals surface area contributed by atoms with Crippen molar-refractivity contribution in [3.63, 3.8) is 0 Å². The van der Waals surface area contributed by atoms with Crippen LogP contribution in [0.1, 0.15) is 0 Å². The lowest BCUT2D eigenvalue weighted by molar-refractivity contribution is 1.30. The average molecular weight is 572 g/mol. The SMILES string of the molecule is c1ccc2cc(N(c3ccc4ccccc4c3)c3ccc4cc(-c5cc6ccccc6c6ccccc56)ccc4c3)ccc2c1. The first-order chi connectivity index (χ1) is 22.3. The minimum atomic E-state index is 1.14. The molecule has 0 saturated heterocycles. The van der Waals surface area contributed by atoms with E-state index in [-0.39, 0.29) is 0 Å². The number of nitrogens with zero attached hydrogens (tertiary/aromatic N) is 1. The average Bonchev–Trinajstić information content (AvgIpc) is 3.11. The Labute approximate surface area is 262 Å². The van der Waals surface area contributed by atoms with Gasteiger partial charge in [0.15, 0.2) is 0 Å². The summed E-state index contributed by atoms with van der Waals surface area (Å²) in [7, 11) is 0. The van der Waals surface area contributed by atoms with E-state index >= 15 is 0 Å². The molecule has 0 aliphatic heterocycles. The fourth-order valence-electron chi connectivity index (χ4n) is 6.91. The van der Waals surface area contributed by atoms with E-state index in [1.807, 2.05) is 0 Å². The van der Waals surface area contributed by atoms with Crippen molar-refractivity contribution in [3.05, 3.63) is 176 Å². The van der Waals surface area contributed by atoms with Crippen LogP contribution < -0.4 is 4.90 Å². The number of fused-ring (bicyclic) bond motifs is 6. The summed E-state index contributed by atoms with van der Waals surface area (Å²) in [6, 6.07) is 64.2. The summed E-state index contributed by atoms with van der Waals surface area (Å²) in [6.07, 6.45) is 0. The predicted octanol–water partition coefficient (Wildman–Crippen LogP) is 12.6. The van der Waals surface area contributed by atoms with Crippen LogP contribution in [0.4, 0.5) is 17.1 Å². The van der Waals surface area contributed by atoms with Crippen LogP contribution in [0, 0.1) is 0 Å². The lowest BCUT2D eigenvalue weighted by Gasteiger charge is -2.26. The fraction of sp³-hybridized carbons (Fsp3) is 0. The summed E-state index contributed by atoms with van der Waals surface area (Å²) in [5.74, 6) is 0. The number of benzene rings is 9. The Hall–Kier alpha value is -5.92. The van der Waals surface area contributed by atoms with Gasteiger partial charge in [0.25, 0.3) is 0 Å². The van der Waals surface area contributed by atoms with Crippen molar-refractivity contribution in [3.8, 4) is 11.1 Å². The standard InChI is InChI=1S/C44H29N/c1-3-11-32-26-38(22-19-30(32)9-1)45(39-23-20-31-10-2-4-12-33(31)27-39)40-24-21-34-25-37(18-17-35(34)28-40)44-29-36-13-5-6-14-41(36)42-15-7-8-16-43(42)44/h1-29H. The number of hydrogen-bond donors (Lipinski definition) is 0. The summed E-state index contributed by atoms with van der Waals surface area (Å²) in [5, 5.41) is 12.5. The van der Waals surface area contributed by atoms with Gasteiger partial charge in [-0.05, 0) is 114 Å². The minimum absolute atomic E-state index is 1.14. The third-order valence-electron chi connectivity index (χ3n) is 9.14. The van der Waals surface area contributed by atoms with Crippen molar-refractivity contribution in [2.75, 3.05) is 4.90 Å². The van der Waals surface area contributed by atoms with E-state index in [0.29, 0.717) is 0 Å². The van der Waals surface area contributed by atoms with Crippen molar-refractivity contribution in [2.24, 2.45) is 0 Å². The molecule has 0 heterocycles. The van der Waals surface area contributed by atoms with Gasteiger partial charge >= 0.3 is 0 Å². The first-order valence-electron chi connectivity index (χ1n) is 15.5. The van der Waals surface area contributed by atoms with Gasteiger partial charge in [-0.2, -0.15) is 0 Å². The number of rotatable bonds is 4. The fourth-order valence-corrected chi connectivity index (χ4v) is 6.91. The second kappa shape index (κ2) is 10.4. The largest absolute Gasteiger partial charge is 0.310 e. The summed E-state index contributed by atoms with van der Waals surface area (Å²) < 4.78 is 0. The summed E-state index contributed by atoms with van der Waals surface area (Å²) in [6.45, 7) is 0. The van der Waals surface area contributed by atoms with Crippen molar-refractivity contribution in [1.29, 1.82) is 0 Å². The molecular weight excluding hydrogens is 542 g/mol. The van der Waals surface area contributed by atoms with Gasteiger partial charge in [0.1, 0.15) is 0 Å². The molecule has 9 aromatic rings. The van der Waals surface area contributed by atoms with Crippen molar-refractivity contribution in [1.82, 2.24) is 0 Å². The summed E-state index contributed by atoms with van der Waals surface area (Å²) >= 11 is 0. The maximum atomic E-state index is 2.38. The summed E-state index contributed by atoms with van der Waals surface area (Å²) in [4.78, 5) is 2.38. The van der Waals surface area contributed by atoms with Crippen molar-refractivity contribution >= 4 is 70.9 Å². The molecule has 0 fully saturated rings. The van der Waals surface area contributed by atoms with Crippen molar-refractivity contribution in [2.45, 2.75) is 0 Å². The molecule has 1 nitrogen and oxygen atoms in total. The van der Waals surface area contributed by atoms with Crippen LogP contribution in [-0.2, 0) is 0 Å². The molecule has 0 radical (unpaired) electrons. The lowest BCUT2D eigenvalue weighted by atomic mass is 9.92. The molecule has 210 valence electrons. The second-order valence-corrected chi connectivity index (χ2v) is 11.8. The molecule has 0 unspecified atom stereocenters. The zero-order chi connectivity index (χ0) is 29.7. The van der Waals surface area contributed by atoms with E-state index < -0.39 is 0 Å². The first-order valence-corrected chi connectivity index (χ1v) is 15.5. The van der Waals surface area contributed by atoms with Crippen LogP contribution in [0.3, 0.4) is 0 Å². The zero-order valence-electron chi connectivity index (χ0n) is 24.7. The predicted molar refractivity (Wildman–Crippen MR) is 194 cm³/mol. The molecule has 0 aliphatic rings. The van der Waals surface area contributed by atoms with E-state index in [1.54, 1.807) is 0 Å². The molecule has 0 aliphatic carbocycles. The lowest BCUT2D eigenvalue weighted by Crippen LogP contribution is -2.10. The Morgan fingerprint density at radius 2 is 0.689 bits per heavy atom. The highest BCUT2D eigenvalue weighted by atomic mass is 15.1. The van der Waals surface area contributed by atoms with Crippen LogP contribution in [0.25, 0.3) is 65.0 Å². The molecule has 9 rings (SSSR count). The van der Waals surface area contributed by atoms with Crippen LogP contribution >= 0.6 is 0 Å². The second-order valence-electron chi connectivity index (χ2n) is 11.8. The normalized spacial score (nSPS) is 11.6. The van der Waals surface area contributed by atoms with E-state index in [0.717, 1.165) is 17.1 Å². The van der Waals surface area contributed by atoms with Gasteiger partial charge in [-0.1, -0.05) is 127 Å². The van der Waals surface area contributed by atoms with Gasteiger partial charge in [0.2, 0.25) is 0 Å². The van der Waals surface area contributed by atoms with E-state index in [1.165, 1.54) is 65.0 Å². The topological polar surface area (TPSA) is 3.24 Å². The van der Waals surface area contributed by atoms with Gasteiger partial charge in [0, 0.05) is 17.1 Å². The van der Waals surface area contributed by atoms with Gasteiger partial charge in [-0.15, -0.1) is 0 Å². The van der Waals surface area contributed by atoms with Crippen molar-refractivity contribution < 1.29 is 0 Å². The first kappa shape index (κ1) is 25.6.